The lowest BCUT2D eigenvalue weighted by atomic mass is 10.2. The summed E-state index contributed by atoms with van der Waals surface area (Å²) in [5.74, 6) is 0.173. The molecule has 0 aliphatic carbocycles. The van der Waals surface area contributed by atoms with Crippen molar-refractivity contribution in [3.63, 3.8) is 0 Å². The van der Waals surface area contributed by atoms with E-state index in [-0.39, 0.29) is 11.5 Å². The summed E-state index contributed by atoms with van der Waals surface area (Å²) in [7, 11) is 0. The highest BCUT2D eigenvalue weighted by Gasteiger charge is 2.14. The van der Waals surface area contributed by atoms with Crippen LogP contribution in [0, 0.1) is 13.8 Å². The van der Waals surface area contributed by atoms with E-state index < -0.39 is 11.5 Å². The number of nitrogens with zero attached hydrogens (tertiary/aromatic N) is 2. The van der Waals surface area contributed by atoms with Gasteiger partial charge in [-0.05, 0) is 13.8 Å². The number of amides is 1. The molecule has 1 atom stereocenters. The molecule has 0 aliphatic rings. The van der Waals surface area contributed by atoms with Crippen LogP contribution in [-0.2, 0) is 0 Å². The Bertz CT molecular complexity index is 677. The highest BCUT2D eigenvalue weighted by Crippen LogP contribution is 2.18. The van der Waals surface area contributed by atoms with Crippen LogP contribution in [0.25, 0.3) is 0 Å². The van der Waals surface area contributed by atoms with Crippen LogP contribution in [-0.4, -0.2) is 27.4 Å². The van der Waals surface area contributed by atoms with Crippen LogP contribution < -0.4 is 10.9 Å². The predicted octanol–water partition coefficient (Wildman–Crippen LogP) is 1.38. The summed E-state index contributed by atoms with van der Waals surface area (Å²) in [4.78, 5) is 34.4. The van der Waals surface area contributed by atoms with Gasteiger partial charge in [-0.3, -0.25) is 9.59 Å². The number of thiazole rings is 1. The third kappa shape index (κ3) is 3.30. The van der Waals surface area contributed by atoms with E-state index >= 15 is 0 Å². The highest BCUT2D eigenvalue weighted by molar-refractivity contribution is 7.09. The lowest BCUT2D eigenvalue weighted by Gasteiger charge is -2.09. The van der Waals surface area contributed by atoms with Crippen molar-refractivity contribution < 1.29 is 4.79 Å². The van der Waals surface area contributed by atoms with E-state index in [0.717, 1.165) is 10.7 Å². The maximum Gasteiger partial charge on any atom is 0.263 e. The number of aromatic amines is 1. The number of hydrogen-bond donors (Lipinski definition) is 2. The summed E-state index contributed by atoms with van der Waals surface area (Å²) in [6.45, 7) is 6.01. The summed E-state index contributed by atoms with van der Waals surface area (Å²) in [6.07, 6.45) is 1.29. The smallest absolute Gasteiger partial charge is 0.263 e. The Morgan fingerprint density at radius 3 is 2.85 bits per heavy atom. The first kappa shape index (κ1) is 14.4. The topological polar surface area (TPSA) is 87.7 Å². The number of carbonyl (C=O) groups is 1. The third-order valence-electron chi connectivity index (χ3n) is 2.80. The van der Waals surface area contributed by atoms with E-state index in [1.54, 1.807) is 18.3 Å². The van der Waals surface area contributed by atoms with Crippen molar-refractivity contribution in [1.29, 1.82) is 0 Å². The number of aryl methyl sites for hydroxylation is 2. The lowest BCUT2D eigenvalue weighted by Crippen LogP contribution is -2.32. The van der Waals surface area contributed by atoms with Gasteiger partial charge in [0.15, 0.2) is 0 Å². The fraction of sp³-hybridized carbons (Fsp3) is 0.385. The molecule has 0 saturated carbocycles. The van der Waals surface area contributed by atoms with Crippen LogP contribution in [0.5, 0.6) is 0 Å². The van der Waals surface area contributed by atoms with E-state index in [0.29, 0.717) is 12.4 Å². The SMILES string of the molecule is Cc1csc(C(C)CNC(=O)c2cnc(C)[nH]c2=O)n1. The molecule has 2 N–H and O–H groups in total. The van der Waals surface area contributed by atoms with Crippen molar-refractivity contribution in [3.05, 3.63) is 44.0 Å². The Morgan fingerprint density at radius 1 is 1.50 bits per heavy atom. The van der Waals surface area contributed by atoms with Gasteiger partial charge in [-0.2, -0.15) is 0 Å². The Balaban J connectivity index is 2.00. The number of H-pyrrole nitrogens is 1. The van der Waals surface area contributed by atoms with Gasteiger partial charge >= 0.3 is 0 Å². The van der Waals surface area contributed by atoms with Gasteiger partial charge in [0, 0.05) is 29.7 Å². The first-order valence-corrected chi connectivity index (χ1v) is 7.11. The Labute approximate surface area is 120 Å². The first-order chi connectivity index (χ1) is 9.47. The van der Waals surface area contributed by atoms with Gasteiger partial charge in [-0.1, -0.05) is 6.92 Å². The molecule has 0 radical (unpaired) electrons. The number of hydrogen-bond acceptors (Lipinski definition) is 5. The van der Waals surface area contributed by atoms with E-state index in [1.807, 2.05) is 19.2 Å². The van der Waals surface area contributed by atoms with Crippen molar-refractivity contribution in [3.8, 4) is 0 Å². The second kappa shape index (κ2) is 5.96. The Hall–Kier alpha value is -2.02. The van der Waals surface area contributed by atoms with Crippen LogP contribution in [0.4, 0.5) is 0 Å². The molecule has 2 aromatic rings. The van der Waals surface area contributed by atoms with Gasteiger partial charge in [0.25, 0.3) is 11.5 Å². The molecule has 0 bridgehead atoms. The minimum Gasteiger partial charge on any atom is -0.351 e. The molecule has 0 spiro atoms. The minimum absolute atomic E-state index is 0.0260. The van der Waals surface area contributed by atoms with Gasteiger partial charge in [0.1, 0.15) is 11.4 Å². The molecule has 2 rings (SSSR count). The van der Waals surface area contributed by atoms with Gasteiger partial charge in [0.2, 0.25) is 0 Å². The van der Waals surface area contributed by atoms with Crippen LogP contribution in [0.2, 0.25) is 0 Å². The zero-order valence-electron chi connectivity index (χ0n) is 11.6. The predicted molar refractivity (Wildman–Crippen MR) is 77.2 cm³/mol. The highest BCUT2D eigenvalue weighted by atomic mass is 32.1. The average molecular weight is 292 g/mol. The first-order valence-electron chi connectivity index (χ1n) is 6.23. The second-order valence-corrected chi connectivity index (χ2v) is 5.54. The summed E-state index contributed by atoms with van der Waals surface area (Å²) >= 11 is 1.57. The van der Waals surface area contributed by atoms with Crippen molar-refractivity contribution >= 4 is 17.2 Å². The maximum atomic E-state index is 11.9. The standard InChI is InChI=1S/C13H16N4O2S/c1-7(13-16-8(2)6-20-13)4-15-11(18)10-5-14-9(3)17-12(10)19/h5-7H,4H2,1-3H3,(H,15,18)(H,14,17,19). The van der Waals surface area contributed by atoms with Crippen molar-refractivity contribution in [2.75, 3.05) is 6.54 Å². The molecule has 0 aliphatic heterocycles. The van der Waals surface area contributed by atoms with E-state index in [9.17, 15) is 9.59 Å². The normalized spacial score (nSPS) is 12.2. The molecule has 2 heterocycles. The van der Waals surface area contributed by atoms with Crippen LogP contribution in [0.3, 0.4) is 0 Å². The molecule has 7 heteroatoms. The zero-order chi connectivity index (χ0) is 14.7. The molecule has 106 valence electrons. The molecule has 0 fully saturated rings. The summed E-state index contributed by atoms with van der Waals surface area (Å²) in [5, 5.41) is 5.68. The van der Waals surface area contributed by atoms with Crippen LogP contribution in [0.15, 0.2) is 16.4 Å². The number of nitrogens with one attached hydrogen (secondary N) is 2. The number of carbonyl (C=O) groups excluding carboxylic acids is 1. The molecule has 2 aromatic heterocycles. The zero-order valence-corrected chi connectivity index (χ0v) is 12.4. The number of aromatic nitrogens is 3. The van der Waals surface area contributed by atoms with Crippen molar-refractivity contribution in [2.45, 2.75) is 26.7 Å². The maximum absolute atomic E-state index is 11.9. The van der Waals surface area contributed by atoms with E-state index in [1.165, 1.54) is 6.20 Å². The fourth-order valence-corrected chi connectivity index (χ4v) is 2.53. The Morgan fingerprint density at radius 2 is 2.25 bits per heavy atom. The number of rotatable bonds is 4. The second-order valence-electron chi connectivity index (χ2n) is 4.65. The quantitative estimate of drug-likeness (QED) is 0.891. The molecule has 0 saturated heterocycles. The largest absolute Gasteiger partial charge is 0.351 e. The fourth-order valence-electron chi connectivity index (χ4n) is 1.67. The van der Waals surface area contributed by atoms with Crippen LogP contribution >= 0.6 is 11.3 Å². The summed E-state index contributed by atoms with van der Waals surface area (Å²) in [6, 6.07) is 0. The van der Waals surface area contributed by atoms with Gasteiger partial charge in [0.05, 0.1) is 5.01 Å². The van der Waals surface area contributed by atoms with Gasteiger partial charge in [-0.25, -0.2) is 9.97 Å². The van der Waals surface area contributed by atoms with E-state index in [2.05, 4.69) is 20.3 Å². The molecule has 1 amide bonds. The van der Waals surface area contributed by atoms with Gasteiger partial charge < -0.3 is 10.3 Å². The van der Waals surface area contributed by atoms with Crippen LogP contribution in [0.1, 0.15) is 39.7 Å². The van der Waals surface area contributed by atoms with Crippen molar-refractivity contribution in [1.82, 2.24) is 20.3 Å². The molecule has 20 heavy (non-hydrogen) atoms. The molecular formula is C13H16N4O2S. The minimum atomic E-state index is -0.423. The van der Waals surface area contributed by atoms with Gasteiger partial charge in [-0.15, -0.1) is 11.3 Å². The monoisotopic (exact) mass is 292 g/mol. The van der Waals surface area contributed by atoms with Crippen molar-refractivity contribution in [2.24, 2.45) is 0 Å². The third-order valence-corrected chi connectivity index (χ3v) is 3.99. The average Bonchev–Trinajstić information content (AvgIpc) is 2.82. The molecule has 6 nitrogen and oxygen atoms in total. The Kier molecular flexibility index (Phi) is 4.29. The lowest BCUT2D eigenvalue weighted by molar-refractivity contribution is 0.0949. The molecule has 1 unspecified atom stereocenters. The summed E-state index contributed by atoms with van der Waals surface area (Å²) in [5.41, 5.74) is 0.577. The van der Waals surface area contributed by atoms with E-state index in [4.69, 9.17) is 0 Å². The molecular weight excluding hydrogens is 276 g/mol. The molecule has 0 aromatic carbocycles. The summed E-state index contributed by atoms with van der Waals surface area (Å²) < 4.78 is 0.